The van der Waals surface area contributed by atoms with Gasteiger partial charge in [0, 0.05) is 17.9 Å². The minimum absolute atomic E-state index is 0.0288. The van der Waals surface area contributed by atoms with E-state index in [1.54, 1.807) is 0 Å². The van der Waals surface area contributed by atoms with Gasteiger partial charge in [-0.25, -0.2) is 0 Å². The highest BCUT2D eigenvalue weighted by atomic mass is 16.1. The number of fused-ring (bicyclic) bond motifs is 1. The quantitative estimate of drug-likeness (QED) is 0.883. The van der Waals surface area contributed by atoms with Crippen molar-refractivity contribution < 1.29 is 4.79 Å². The Morgan fingerprint density at radius 2 is 1.81 bits per heavy atom. The second-order valence-electron chi connectivity index (χ2n) is 5.70. The zero-order valence-electron chi connectivity index (χ0n) is 12.4. The molecule has 2 aromatic carbocycles. The van der Waals surface area contributed by atoms with Gasteiger partial charge in [0.05, 0.1) is 5.92 Å². The van der Waals surface area contributed by atoms with E-state index in [9.17, 15) is 4.79 Å². The number of para-hydroxylation sites is 2. The third kappa shape index (κ3) is 2.77. The average Bonchev–Trinajstić information content (AvgIpc) is 2.50. The van der Waals surface area contributed by atoms with E-state index in [0.29, 0.717) is 6.54 Å². The molecule has 1 aliphatic heterocycles. The van der Waals surface area contributed by atoms with E-state index >= 15 is 0 Å². The number of aryl methyl sites for hydroxylation is 2. The Labute approximate surface area is 125 Å². The molecule has 0 spiro atoms. The number of hydrogen-bond acceptors (Lipinski definition) is 2. The summed E-state index contributed by atoms with van der Waals surface area (Å²) in [5.74, 6) is 0.0632. The summed E-state index contributed by atoms with van der Waals surface area (Å²) >= 11 is 0. The van der Waals surface area contributed by atoms with Crippen LogP contribution in [0.1, 0.15) is 16.7 Å². The van der Waals surface area contributed by atoms with Crippen LogP contribution in [0.2, 0.25) is 0 Å². The zero-order valence-corrected chi connectivity index (χ0v) is 12.4. The fraction of sp³-hybridized carbons (Fsp3) is 0.278. The lowest BCUT2D eigenvalue weighted by Crippen LogP contribution is -2.34. The van der Waals surface area contributed by atoms with Gasteiger partial charge in [0.2, 0.25) is 5.91 Å². The second kappa shape index (κ2) is 5.60. The van der Waals surface area contributed by atoms with Crippen LogP contribution < -0.4 is 10.6 Å². The molecule has 0 bridgehead atoms. The fourth-order valence-electron chi connectivity index (χ4n) is 2.86. The molecule has 3 nitrogen and oxygen atoms in total. The van der Waals surface area contributed by atoms with Gasteiger partial charge in [-0.15, -0.1) is 0 Å². The average molecular weight is 280 g/mol. The van der Waals surface area contributed by atoms with Crippen molar-refractivity contribution in [2.75, 3.05) is 17.2 Å². The lowest BCUT2D eigenvalue weighted by atomic mass is 9.93. The lowest BCUT2D eigenvalue weighted by Gasteiger charge is -2.26. The van der Waals surface area contributed by atoms with Crippen LogP contribution in [0.15, 0.2) is 42.5 Å². The van der Waals surface area contributed by atoms with Crippen molar-refractivity contribution in [1.29, 1.82) is 0 Å². The van der Waals surface area contributed by atoms with Crippen molar-refractivity contribution in [2.45, 2.75) is 20.3 Å². The maximum Gasteiger partial charge on any atom is 0.229 e. The number of anilines is 2. The van der Waals surface area contributed by atoms with Crippen molar-refractivity contribution in [1.82, 2.24) is 0 Å². The topological polar surface area (TPSA) is 41.1 Å². The summed E-state index contributed by atoms with van der Waals surface area (Å²) in [6.07, 6.45) is 0.792. The molecule has 108 valence electrons. The van der Waals surface area contributed by atoms with E-state index in [1.165, 1.54) is 5.56 Å². The first-order valence-corrected chi connectivity index (χ1v) is 7.34. The predicted molar refractivity (Wildman–Crippen MR) is 86.7 cm³/mol. The normalized spacial score (nSPS) is 16.8. The van der Waals surface area contributed by atoms with Crippen LogP contribution in [-0.2, 0) is 11.2 Å². The van der Waals surface area contributed by atoms with Gasteiger partial charge in [0.15, 0.2) is 0 Å². The van der Waals surface area contributed by atoms with Gasteiger partial charge in [-0.05, 0) is 43.0 Å². The van der Waals surface area contributed by atoms with Crippen molar-refractivity contribution in [3.05, 3.63) is 59.2 Å². The maximum absolute atomic E-state index is 12.5. The minimum Gasteiger partial charge on any atom is -0.384 e. The first kappa shape index (κ1) is 13.7. The van der Waals surface area contributed by atoms with Crippen molar-refractivity contribution in [3.63, 3.8) is 0 Å². The van der Waals surface area contributed by atoms with Crippen LogP contribution in [0.25, 0.3) is 0 Å². The molecule has 3 rings (SSSR count). The largest absolute Gasteiger partial charge is 0.384 e. The number of nitrogens with one attached hydrogen (secondary N) is 2. The summed E-state index contributed by atoms with van der Waals surface area (Å²) in [7, 11) is 0. The molecule has 1 aliphatic rings. The van der Waals surface area contributed by atoms with Crippen molar-refractivity contribution >= 4 is 17.3 Å². The number of carbonyl (C=O) groups excluding carboxylic acids is 1. The zero-order chi connectivity index (χ0) is 14.8. The van der Waals surface area contributed by atoms with Crippen LogP contribution in [-0.4, -0.2) is 12.5 Å². The Morgan fingerprint density at radius 1 is 1.10 bits per heavy atom. The molecule has 1 unspecified atom stereocenters. The van der Waals surface area contributed by atoms with E-state index < -0.39 is 0 Å². The SMILES string of the molecule is Cc1cccc(C)c1NC(=O)C1CNc2ccccc2C1. The van der Waals surface area contributed by atoms with E-state index in [4.69, 9.17) is 0 Å². The molecule has 0 aliphatic carbocycles. The Morgan fingerprint density at radius 3 is 2.57 bits per heavy atom. The third-order valence-electron chi connectivity index (χ3n) is 4.12. The first-order valence-electron chi connectivity index (χ1n) is 7.34. The summed E-state index contributed by atoms with van der Waals surface area (Å²) in [6, 6.07) is 14.2. The van der Waals surface area contributed by atoms with Crippen LogP contribution in [0.4, 0.5) is 11.4 Å². The molecule has 1 heterocycles. The van der Waals surface area contributed by atoms with Gasteiger partial charge in [0.1, 0.15) is 0 Å². The Kier molecular flexibility index (Phi) is 3.65. The smallest absolute Gasteiger partial charge is 0.229 e. The highest BCUT2D eigenvalue weighted by Crippen LogP contribution is 2.26. The Balaban J connectivity index is 1.76. The second-order valence-corrected chi connectivity index (χ2v) is 5.70. The number of amides is 1. The highest BCUT2D eigenvalue weighted by molar-refractivity contribution is 5.95. The number of rotatable bonds is 2. The van der Waals surface area contributed by atoms with Crippen LogP contribution >= 0.6 is 0 Å². The van der Waals surface area contributed by atoms with Gasteiger partial charge < -0.3 is 10.6 Å². The molecular weight excluding hydrogens is 260 g/mol. The van der Waals surface area contributed by atoms with E-state index in [-0.39, 0.29) is 11.8 Å². The molecule has 2 N–H and O–H groups in total. The molecule has 0 aromatic heterocycles. The van der Waals surface area contributed by atoms with E-state index in [2.05, 4.69) is 22.8 Å². The molecule has 0 radical (unpaired) electrons. The Bertz CT molecular complexity index is 658. The molecule has 1 amide bonds. The Hall–Kier alpha value is -2.29. The van der Waals surface area contributed by atoms with Crippen LogP contribution in [0.5, 0.6) is 0 Å². The molecule has 0 saturated carbocycles. The number of benzene rings is 2. The minimum atomic E-state index is -0.0288. The van der Waals surface area contributed by atoms with Crippen LogP contribution in [0.3, 0.4) is 0 Å². The predicted octanol–water partition coefficient (Wildman–Crippen LogP) is 3.53. The molecule has 0 fully saturated rings. The third-order valence-corrected chi connectivity index (χ3v) is 4.12. The van der Waals surface area contributed by atoms with Gasteiger partial charge >= 0.3 is 0 Å². The summed E-state index contributed by atoms with van der Waals surface area (Å²) < 4.78 is 0. The van der Waals surface area contributed by atoms with Gasteiger partial charge in [-0.1, -0.05) is 36.4 Å². The molecule has 0 saturated heterocycles. The molecule has 21 heavy (non-hydrogen) atoms. The number of carbonyl (C=O) groups is 1. The molecular formula is C18H20N2O. The fourth-order valence-corrected chi connectivity index (χ4v) is 2.86. The van der Waals surface area contributed by atoms with E-state index in [0.717, 1.165) is 28.9 Å². The molecule has 1 atom stereocenters. The standard InChI is InChI=1S/C18H20N2O/c1-12-6-5-7-13(2)17(12)20-18(21)15-10-14-8-3-4-9-16(14)19-11-15/h3-9,15,19H,10-11H2,1-2H3,(H,20,21). The summed E-state index contributed by atoms with van der Waals surface area (Å²) in [5.41, 5.74) is 5.51. The van der Waals surface area contributed by atoms with E-state index in [1.807, 2.05) is 44.2 Å². The van der Waals surface area contributed by atoms with Gasteiger partial charge in [-0.2, -0.15) is 0 Å². The van der Waals surface area contributed by atoms with Crippen molar-refractivity contribution in [3.8, 4) is 0 Å². The summed E-state index contributed by atoms with van der Waals surface area (Å²) in [5, 5.41) is 6.45. The van der Waals surface area contributed by atoms with Crippen molar-refractivity contribution in [2.24, 2.45) is 5.92 Å². The maximum atomic E-state index is 12.5. The summed E-state index contributed by atoms with van der Waals surface area (Å²) in [6.45, 7) is 4.74. The lowest BCUT2D eigenvalue weighted by molar-refractivity contribution is -0.119. The van der Waals surface area contributed by atoms with Gasteiger partial charge in [0.25, 0.3) is 0 Å². The van der Waals surface area contributed by atoms with Crippen LogP contribution in [0, 0.1) is 19.8 Å². The molecule has 2 aromatic rings. The molecule has 3 heteroatoms. The monoisotopic (exact) mass is 280 g/mol. The number of hydrogen-bond donors (Lipinski definition) is 2. The highest BCUT2D eigenvalue weighted by Gasteiger charge is 2.24. The first-order chi connectivity index (χ1) is 10.1. The summed E-state index contributed by atoms with van der Waals surface area (Å²) in [4.78, 5) is 12.5. The van der Waals surface area contributed by atoms with Gasteiger partial charge in [-0.3, -0.25) is 4.79 Å².